The lowest BCUT2D eigenvalue weighted by Gasteiger charge is -2.19. The van der Waals surface area contributed by atoms with Crippen molar-refractivity contribution in [2.45, 2.75) is 52.0 Å². The van der Waals surface area contributed by atoms with E-state index in [9.17, 15) is 8.42 Å². The molecule has 0 aliphatic heterocycles. The second-order valence-electron chi connectivity index (χ2n) is 5.60. The zero-order valence-electron chi connectivity index (χ0n) is 13.6. The van der Waals surface area contributed by atoms with Crippen molar-refractivity contribution in [3.05, 3.63) is 46.3 Å². The van der Waals surface area contributed by atoms with Crippen LogP contribution in [0.4, 0.5) is 0 Å². The van der Waals surface area contributed by atoms with Crippen LogP contribution < -0.4 is 4.72 Å². The quantitative estimate of drug-likeness (QED) is 0.916. The molecule has 0 bridgehead atoms. The van der Waals surface area contributed by atoms with Gasteiger partial charge in [0.15, 0.2) is 5.76 Å². The van der Waals surface area contributed by atoms with Gasteiger partial charge in [0.05, 0.1) is 0 Å². The van der Waals surface area contributed by atoms with Gasteiger partial charge in [-0.1, -0.05) is 35.8 Å². The normalized spacial score (nSPS) is 13.3. The molecule has 1 aromatic carbocycles. The number of nitrogens with zero attached hydrogens (tertiary/aromatic N) is 1. The maximum absolute atomic E-state index is 12.6. The Balaban J connectivity index is 2.38. The summed E-state index contributed by atoms with van der Waals surface area (Å²) in [5.74, 6) is 0.306. The van der Waals surface area contributed by atoms with Crippen molar-refractivity contribution < 1.29 is 12.9 Å². The van der Waals surface area contributed by atoms with Gasteiger partial charge < -0.3 is 4.52 Å². The number of sulfonamides is 1. The lowest BCUT2D eigenvalue weighted by molar-refractivity contribution is 0.390. The second kappa shape index (κ2) is 6.22. The number of hydrogen-bond donors (Lipinski definition) is 1. The van der Waals surface area contributed by atoms with Crippen molar-refractivity contribution in [2.75, 3.05) is 0 Å². The monoisotopic (exact) mass is 322 g/mol. The first-order valence-corrected chi connectivity index (χ1v) is 8.77. The topological polar surface area (TPSA) is 72.2 Å². The van der Waals surface area contributed by atoms with E-state index in [1.807, 2.05) is 32.9 Å². The minimum absolute atomic E-state index is 0.135. The van der Waals surface area contributed by atoms with Gasteiger partial charge in [-0.3, -0.25) is 0 Å². The highest BCUT2D eigenvalue weighted by Gasteiger charge is 2.27. The minimum Gasteiger partial charge on any atom is -0.360 e. The molecule has 0 radical (unpaired) electrons. The fourth-order valence-electron chi connectivity index (χ4n) is 2.69. The van der Waals surface area contributed by atoms with E-state index >= 15 is 0 Å². The van der Waals surface area contributed by atoms with Gasteiger partial charge in [-0.25, -0.2) is 13.1 Å². The number of aryl methyl sites for hydroxylation is 4. The number of aromatic nitrogens is 1. The van der Waals surface area contributed by atoms with Gasteiger partial charge >= 0.3 is 0 Å². The van der Waals surface area contributed by atoms with Crippen LogP contribution in [0, 0.1) is 27.7 Å². The number of hydrogen-bond acceptors (Lipinski definition) is 4. The summed E-state index contributed by atoms with van der Waals surface area (Å²) >= 11 is 0. The Bertz CT molecular complexity index is 759. The summed E-state index contributed by atoms with van der Waals surface area (Å²) in [6, 6.07) is 5.76. The van der Waals surface area contributed by atoms with E-state index < -0.39 is 10.0 Å². The van der Waals surface area contributed by atoms with Crippen molar-refractivity contribution in [1.82, 2.24) is 9.88 Å². The van der Waals surface area contributed by atoms with Gasteiger partial charge in [-0.05, 0) is 45.2 Å². The molecule has 0 fully saturated rings. The molecule has 0 saturated carbocycles. The Labute approximate surface area is 131 Å². The molecule has 0 saturated heterocycles. The van der Waals surface area contributed by atoms with Crippen molar-refractivity contribution in [1.29, 1.82) is 0 Å². The van der Waals surface area contributed by atoms with Crippen molar-refractivity contribution >= 4 is 10.0 Å². The van der Waals surface area contributed by atoms with E-state index in [-0.39, 0.29) is 10.9 Å². The van der Waals surface area contributed by atoms with Gasteiger partial charge in [0.2, 0.25) is 10.0 Å². The van der Waals surface area contributed by atoms with E-state index in [4.69, 9.17) is 4.52 Å². The summed E-state index contributed by atoms with van der Waals surface area (Å²) in [6.45, 7) is 9.20. The Morgan fingerprint density at radius 3 is 2.41 bits per heavy atom. The van der Waals surface area contributed by atoms with Gasteiger partial charge in [0, 0.05) is 6.04 Å². The Morgan fingerprint density at radius 2 is 1.91 bits per heavy atom. The Morgan fingerprint density at radius 1 is 1.23 bits per heavy atom. The maximum atomic E-state index is 12.6. The molecule has 0 amide bonds. The molecule has 2 aromatic rings. The zero-order valence-corrected chi connectivity index (χ0v) is 14.4. The van der Waals surface area contributed by atoms with E-state index in [1.54, 1.807) is 13.8 Å². The van der Waals surface area contributed by atoms with Crippen LogP contribution >= 0.6 is 0 Å². The third-order valence-electron chi connectivity index (χ3n) is 3.74. The average molecular weight is 322 g/mol. The van der Waals surface area contributed by atoms with Crippen LogP contribution in [0.5, 0.6) is 0 Å². The maximum Gasteiger partial charge on any atom is 0.246 e. The summed E-state index contributed by atoms with van der Waals surface area (Å²) < 4.78 is 33.0. The Kier molecular flexibility index (Phi) is 4.72. The average Bonchev–Trinajstić information content (AvgIpc) is 2.76. The number of benzene rings is 1. The molecule has 120 valence electrons. The molecule has 1 N–H and O–H groups in total. The van der Waals surface area contributed by atoms with Gasteiger partial charge in [-0.2, -0.15) is 0 Å². The summed E-state index contributed by atoms with van der Waals surface area (Å²) in [7, 11) is -3.67. The van der Waals surface area contributed by atoms with Crippen LogP contribution in [0.15, 0.2) is 27.6 Å². The lowest BCUT2D eigenvalue weighted by Crippen LogP contribution is -2.29. The molecule has 5 nitrogen and oxygen atoms in total. The highest BCUT2D eigenvalue weighted by Crippen LogP contribution is 2.26. The molecule has 0 aliphatic rings. The first-order valence-electron chi connectivity index (χ1n) is 7.28. The highest BCUT2D eigenvalue weighted by molar-refractivity contribution is 7.89. The standard InChI is InChI=1S/C16H22N2O3S/c1-6-15(14-8-7-10(2)9-11(14)3)18-22(19,20)16-12(4)17-21-13(16)5/h7-9,15,18H,6H2,1-5H3/t15-/m1/s1. The molecule has 0 unspecified atom stereocenters. The first kappa shape index (κ1) is 16.7. The first-order chi connectivity index (χ1) is 10.3. The van der Waals surface area contributed by atoms with Crippen LogP contribution in [-0.2, 0) is 10.0 Å². The largest absolute Gasteiger partial charge is 0.360 e. The predicted octanol–water partition coefficient (Wildman–Crippen LogP) is 3.34. The highest BCUT2D eigenvalue weighted by atomic mass is 32.2. The molecule has 1 heterocycles. The minimum atomic E-state index is -3.67. The van der Waals surface area contributed by atoms with E-state index in [1.165, 1.54) is 0 Å². The predicted molar refractivity (Wildman–Crippen MR) is 85.2 cm³/mol. The summed E-state index contributed by atoms with van der Waals surface area (Å²) in [6.07, 6.45) is 0.659. The van der Waals surface area contributed by atoms with E-state index in [2.05, 4.69) is 15.9 Å². The molecular formula is C16H22N2O3S. The van der Waals surface area contributed by atoms with Crippen LogP contribution in [0.2, 0.25) is 0 Å². The van der Waals surface area contributed by atoms with Crippen LogP contribution in [-0.4, -0.2) is 13.6 Å². The van der Waals surface area contributed by atoms with Crippen LogP contribution in [0.3, 0.4) is 0 Å². The summed E-state index contributed by atoms with van der Waals surface area (Å²) in [5.41, 5.74) is 3.60. The third kappa shape index (κ3) is 3.23. The molecule has 1 aromatic heterocycles. The lowest BCUT2D eigenvalue weighted by atomic mass is 9.98. The van der Waals surface area contributed by atoms with Crippen LogP contribution in [0.25, 0.3) is 0 Å². The fourth-order valence-corrected chi connectivity index (χ4v) is 4.32. The van der Waals surface area contributed by atoms with Crippen molar-refractivity contribution in [3.8, 4) is 0 Å². The zero-order chi connectivity index (χ0) is 16.5. The SMILES string of the molecule is CC[C@@H](NS(=O)(=O)c1c(C)noc1C)c1ccc(C)cc1C. The number of rotatable bonds is 5. The fraction of sp³-hybridized carbons (Fsp3) is 0.438. The Hall–Kier alpha value is -1.66. The smallest absolute Gasteiger partial charge is 0.246 e. The molecule has 0 spiro atoms. The van der Waals surface area contributed by atoms with Gasteiger partial charge in [0.1, 0.15) is 10.6 Å². The molecule has 6 heteroatoms. The molecule has 22 heavy (non-hydrogen) atoms. The van der Waals surface area contributed by atoms with Gasteiger partial charge in [-0.15, -0.1) is 0 Å². The second-order valence-corrected chi connectivity index (χ2v) is 7.25. The summed E-state index contributed by atoms with van der Waals surface area (Å²) in [5, 5.41) is 3.72. The molecule has 0 aliphatic carbocycles. The van der Waals surface area contributed by atoms with Gasteiger partial charge in [0.25, 0.3) is 0 Å². The number of nitrogens with one attached hydrogen (secondary N) is 1. The molecule has 2 rings (SSSR count). The van der Waals surface area contributed by atoms with E-state index in [0.29, 0.717) is 17.9 Å². The third-order valence-corrected chi connectivity index (χ3v) is 5.46. The summed E-state index contributed by atoms with van der Waals surface area (Å²) in [4.78, 5) is 0.135. The molecule has 1 atom stereocenters. The van der Waals surface area contributed by atoms with Crippen molar-refractivity contribution in [3.63, 3.8) is 0 Å². The van der Waals surface area contributed by atoms with E-state index in [0.717, 1.165) is 16.7 Å². The molecular weight excluding hydrogens is 300 g/mol. The van der Waals surface area contributed by atoms with Crippen LogP contribution in [0.1, 0.15) is 47.5 Å². The van der Waals surface area contributed by atoms with Crippen molar-refractivity contribution in [2.24, 2.45) is 0 Å².